The Hall–Kier alpha value is -1.43. The average molecular weight is 226 g/mol. The molecule has 1 aromatic heterocycles. The zero-order valence-electron chi connectivity index (χ0n) is 9.69. The van der Waals surface area contributed by atoms with Crippen molar-refractivity contribution in [3.05, 3.63) is 11.7 Å². The van der Waals surface area contributed by atoms with Gasteiger partial charge in [0.1, 0.15) is 0 Å². The maximum absolute atomic E-state index is 10.5. The molecule has 0 bridgehead atoms. The minimum absolute atomic E-state index is 0.115. The summed E-state index contributed by atoms with van der Waals surface area (Å²) in [5, 5.41) is 6.65. The number of nitrogens with one attached hydrogen (secondary N) is 1. The fourth-order valence-electron chi connectivity index (χ4n) is 1.17. The molecule has 1 aromatic rings. The highest BCUT2D eigenvalue weighted by atomic mass is 16.5. The second kappa shape index (κ2) is 6.22. The lowest BCUT2D eigenvalue weighted by atomic mass is 10.1. The van der Waals surface area contributed by atoms with E-state index in [2.05, 4.69) is 29.3 Å². The van der Waals surface area contributed by atoms with Gasteiger partial charge < -0.3 is 10.3 Å². The molecule has 90 valence electrons. The number of aryl methyl sites for hydroxylation is 1. The molecule has 0 aliphatic heterocycles. The predicted octanol–water partition coefficient (Wildman–Crippen LogP) is 0.233. The van der Waals surface area contributed by atoms with Gasteiger partial charge in [0, 0.05) is 6.42 Å². The molecule has 1 heterocycles. The van der Waals surface area contributed by atoms with E-state index in [1.54, 1.807) is 0 Å². The molecule has 0 fully saturated rings. The van der Waals surface area contributed by atoms with Crippen LogP contribution in [0.2, 0.25) is 0 Å². The Kier molecular flexibility index (Phi) is 4.91. The number of nitrogens with two attached hydrogens (primary N) is 1. The highest BCUT2D eigenvalue weighted by molar-refractivity contribution is 5.75. The van der Waals surface area contributed by atoms with Crippen LogP contribution in [-0.4, -0.2) is 22.6 Å². The molecule has 0 aliphatic carbocycles. The van der Waals surface area contributed by atoms with Crippen LogP contribution in [0.5, 0.6) is 0 Å². The third-order valence-electron chi connectivity index (χ3n) is 2.03. The van der Waals surface area contributed by atoms with Gasteiger partial charge in [-0.05, 0) is 12.3 Å². The topological polar surface area (TPSA) is 94.0 Å². The fourth-order valence-corrected chi connectivity index (χ4v) is 1.17. The van der Waals surface area contributed by atoms with Gasteiger partial charge in [-0.3, -0.25) is 10.1 Å². The van der Waals surface area contributed by atoms with Crippen LogP contribution in [0.15, 0.2) is 4.52 Å². The summed E-state index contributed by atoms with van der Waals surface area (Å²) in [5.41, 5.74) is 4.97. The van der Waals surface area contributed by atoms with Crippen LogP contribution >= 0.6 is 0 Å². The van der Waals surface area contributed by atoms with Crippen LogP contribution in [0.4, 0.5) is 0 Å². The van der Waals surface area contributed by atoms with E-state index in [1.165, 1.54) is 0 Å². The number of carbonyl (C=O) groups excluding carboxylic acids is 1. The quantitative estimate of drug-likeness (QED) is 0.694. The molecular weight excluding hydrogens is 208 g/mol. The molecule has 0 unspecified atom stereocenters. The molecule has 0 atom stereocenters. The van der Waals surface area contributed by atoms with Crippen molar-refractivity contribution >= 4 is 5.91 Å². The molecule has 0 radical (unpaired) electrons. The van der Waals surface area contributed by atoms with Crippen molar-refractivity contribution in [1.29, 1.82) is 0 Å². The second-order valence-electron chi connectivity index (χ2n) is 4.11. The van der Waals surface area contributed by atoms with Gasteiger partial charge in [0.2, 0.25) is 11.8 Å². The number of rotatable bonds is 7. The number of aromatic nitrogens is 2. The average Bonchev–Trinajstić information content (AvgIpc) is 2.62. The molecular formula is C10H18N4O2. The molecule has 0 saturated heterocycles. The van der Waals surface area contributed by atoms with Crippen molar-refractivity contribution in [2.75, 3.05) is 6.54 Å². The number of carbonyl (C=O) groups is 1. The van der Waals surface area contributed by atoms with Crippen molar-refractivity contribution in [3.63, 3.8) is 0 Å². The first-order valence-electron chi connectivity index (χ1n) is 5.38. The van der Waals surface area contributed by atoms with Crippen molar-refractivity contribution in [3.8, 4) is 0 Å². The maximum atomic E-state index is 10.5. The molecule has 6 heteroatoms. The van der Waals surface area contributed by atoms with Gasteiger partial charge in [-0.25, -0.2) is 0 Å². The Morgan fingerprint density at radius 1 is 1.56 bits per heavy atom. The van der Waals surface area contributed by atoms with Gasteiger partial charge in [0.15, 0.2) is 5.82 Å². The van der Waals surface area contributed by atoms with Gasteiger partial charge in [0.05, 0.1) is 13.1 Å². The normalized spacial score (nSPS) is 10.9. The minimum atomic E-state index is -0.403. The van der Waals surface area contributed by atoms with Crippen molar-refractivity contribution in [2.24, 2.45) is 11.7 Å². The lowest BCUT2D eigenvalue weighted by molar-refractivity contribution is -0.117. The maximum Gasteiger partial charge on any atom is 0.240 e. The molecule has 0 spiro atoms. The minimum Gasteiger partial charge on any atom is -0.369 e. The van der Waals surface area contributed by atoms with E-state index in [0.717, 1.165) is 12.8 Å². The molecule has 3 N–H and O–H groups in total. The third kappa shape index (κ3) is 4.88. The standard InChI is InChI=1S/C10H18N4O2/c1-7(2)3-4-9-13-10(16-14-9)6-12-5-8(11)15/h7,12H,3-6H2,1-2H3,(H2,11,15). The fraction of sp³-hybridized carbons (Fsp3) is 0.700. The number of hydrogen-bond acceptors (Lipinski definition) is 5. The lowest BCUT2D eigenvalue weighted by Crippen LogP contribution is -2.28. The molecule has 6 nitrogen and oxygen atoms in total. The lowest BCUT2D eigenvalue weighted by Gasteiger charge is -1.98. The van der Waals surface area contributed by atoms with Crippen LogP contribution in [-0.2, 0) is 17.8 Å². The summed E-state index contributed by atoms with van der Waals surface area (Å²) >= 11 is 0. The van der Waals surface area contributed by atoms with Gasteiger partial charge in [0.25, 0.3) is 0 Å². The Labute approximate surface area is 94.6 Å². The first kappa shape index (κ1) is 12.6. The number of nitrogens with zero attached hydrogens (tertiary/aromatic N) is 2. The molecule has 1 rings (SSSR count). The van der Waals surface area contributed by atoms with E-state index < -0.39 is 5.91 Å². The smallest absolute Gasteiger partial charge is 0.240 e. The van der Waals surface area contributed by atoms with E-state index in [9.17, 15) is 4.79 Å². The molecule has 0 aliphatic rings. The predicted molar refractivity (Wildman–Crippen MR) is 58.4 cm³/mol. The van der Waals surface area contributed by atoms with Crippen LogP contribution in [0.25, 0.3) is 0 Å². The summed E-state index contributed by atoms with van der Waals surface area (Å²) in [5.74, 6) is 1.42. The summed E-state index contributed by atoms with van der Waals surface area (Å²) in [4.78, 5) is 14.7. The Bertz CT molecular complexity index is 335. The van der Waals surface area contributed by atoms with Crippen LogP contribution in [0, 0.1) is 5.92 Å². The van der Waals surface area contributed by atoms with E-state index in [4.69, 9.17) is 10.3 Å². The molecule has 0 saturated carbocycles. The molecule has 1 amide bonds. The Morgan fingerprint density at radius 2 is 2.31 bits per heavy atom. The zero-order valence-corrected chi connectivity index (χ0v) is 9.69. The van der Waals surface area contributed by atoms with Gasteiger partial charge >= 0.3 is 0 Å². The first-order valence-corrected chi connectivity index (χ1v) is 5.38. The monoisotopic (exact) mass is 226 g/mol. The van der Waals surface area contributed by atoms with E-state index in [1.807, 2.05) is 0 Å². The van der Waals surface area contributed by atoms with E-state index in [0.29, 0.717) is 24.2 Å². The van der Waals surface area contributed by atoms with E-state index in [-0.39, 0.29) is 6.54 Å². The summed E-state index contributed by atoms with van der Waals surface area (Å²) < 4.78 is 5.00. The zero-order chi connectivity index (χ0) is 12.0. The van der Waals surface area contributed by atoms with Gasteiger partial charge in [-0.1, -0.05) is 19.0 Å². The molecule has 16 heavy (non-hydrogen) atoms. The highest BCUT2D eigenvalue weighted by Gasteiger charge is 2.06. The highest BCUT2D eigenvalue weighted by Crippen LogP contribution is 2.06. The third-order valence-corrected chi connectivity index (χ3v) is 2.03. The summed E-state index contributed by atoms with van der Waals surface area (Å²) in [6.45, 7) is 4.78. The van der Waals surface area contributed by atoms with Crippen molar-refractivity contribution < 1.29 is 9.32 Å². The second-order valence-corrected chi connectivity index (χ2v) is 4.11. The van der Waals surface area contributed by atoms with Crippen molar-refractivity contribution in [2.45, 2.75) is 33.2 Å². The van der Waals surface area contributed by atoms with Crippen LogP contribution < -0.4 is 11.1 Å². The largest absolute Gasteiger partial charge is 0.369 e. The summed E-state index contributed by atoms with van der Waals surface area (Å²) in [6, 6.07) is 0. The van der Waals surface area contributed by atoms with Gasteiger partial charge in [-0.15, -0.1) is 0 Å². The number of amides is 1. The number of hydrogen-bond donors (Lipinski definition) is 2. The summed E-state index contributed by atoms with van der Waals surface area (Å²) in [6.07, 6.45) is 1.85. The summed E-state index contributed by atoms with van der Waals surface area (Å²) in [7, 11) is 0. The Morgan fingerprint density at radius 3 is 2.94 bits per heavy atom. The van der Waals surface area contributed by atoms with E-state index >= 15 is 0 Å². The van der Waals surface area contributed by atoms with Gasteiger partial charge in [-0.2, -0.15) is 4.98 Å². The Balaban J connectivity index is 2.30. The van der Waals surface area contributed by atoms with Crippen molar-refractivity contribution in [1.82, 2.24) is 15.5 Å². The van der Waals surface area contributed by atoms with Crippen LogP contribution in [0.3, 0.4) is 0 Å². The SMILES string of the molecule is CC(C)CCc1noc(CNCC(N)=O)n1. The molecule has 0 aromatic carbocycles. The first-order chi connectivity index (χ1) is 7.58. The van der Waals surface area contributed by atoms with Crippen LogP contribution in [0.1, 0.15) is 32.0 Å². The number of primary amides is 1.